The minimum Gasteiger partial charge on any atom is -0.461 e. The molecule has 0 amide bonds. The van der Waals surface area contributed by atoms with Gasteiger partial charge in [0, 0.05) is 6.42 Å². The number of hydrogen-bond acceptors (Lipinski definition) is 5. The van der Waals surface area contributed by atoms with E-state index in [1.165, 1.54) is 24.3 Å². The van der Waals surface area contributed by atoms with Gasteiger partial charge in [0.1, 0.15) is 19.1 Å². The molecule has 2 rings (SSSR count). The fourth-order valence-corrected chi connectivity index (χ4v) is 1.90. The Morgan fingerprint density at radius 3 is 2.67 bits per heavy atom. The van der Waals surface area contributed by atoms with Gasteiger partial charge in [-0.05, 0) is 17.7 Å². The van der Waals surface area contributed by atoms with Crippen molar-refractivity contribution in [1.29, 1.82) is 0 Å². The standard InChI is InChI=1S/C14H14F2O5/c15-9-14(5-6-19-13(18)21-14)7-12(17)20-8-10-1-3-11(16)4-2-10/h1-4H,5-9H2. The molecule has 114 valence electrons. The van der Waals surface area contributed by atoms with E-state index in [1.54, 1.807) is 0 Å². The predicted octanol–water partition coefficient (Wildman–Crippen LogP) is 2.52. The highest BCUT2D eigenvalue weighted by Crippen LogP contribution is 2.27. The van der Waals surface area contributed by atoms with Gasteiger partial charge in [-0.2, -0.15) is 0 Å². The quantitative estimate of drug-likeness (QED) is 0.782. The molecule has 1 saturated heterocycles. The highest BCUT2D eigenvalue weighted by molar-refractivity contribution is 5.72. The molecule has 0 bridgehead atoms. The van der Waals surface area contributed by atoms with Crippen LogP contribution in [-0.4, -0.2) is 31.0 Å². The molecule has 0 N–H and O–H groups in total. The zero-order valence-corrected chi connectivity index (χ0v) is 11.1. The molecule has 1 aromatic carbocycles. The molecule has 0 aromatic heterocycles. The van der Waals surface area contributed by atoms with E-state index in [1.807, 2.05) is 0 Å². The fourth-order valence-electron chi connectivity index (χ4n) is 1.90. The zero-order chi connectivity index (χ0) is 15.3. The van der Waals surface area contributed by atoms with Gasteiger partial charge in [-0.15, -0.1) is 0 Å². The smallest absolute Gasteiger partial charge is 0.461 e. The molecule has 0 spiro atoms. The van der Waals surface area contributed by atoms with Crippen molar-refractivity contribution in [3.05, 3.63) is 35.6 Å². The molecule has 0 aliphatic carbocycles. The normalized spacial score (nSPS) is 21.3. The molecule has 21 heavy (non-hydrogen) atoms. The van der Waals surface area contributed by atoms with Crippen molar-refractivity contribution < 1.29 is 32.6 Å². The Morgan fingerprint density at radius 2 is 2.05 bits per heavy atom. The second kappa shape index (κ2) is 6.51. The number of hydrogen-bond donors (Lipinski definition) is 0. The van der Waals surface area contributed by atoms with E-state index < -0.39 is 30.2 Å². The number of benzene rings is 1. The predicted molar refractivity (Wildman–Crippen MR) is 66.6 cm³/mol. The second-order valence-electron chi connectivity index (χ2n) is 4.73. The molecule has 1 unspecified atom stereocenters. The topological polar surface area (TPSA) is 61.8 Å². The molecule has 1 heterocycles. The molecule has 5 nitrogen and oxygen atoms in total. The number of rotatable bonds is 5. The number of cyclic esters (lactones) is 2. The minimum absolute atomic E-state index is 0.00596. The molecule has 0 saturated carbocycles. The van der Waals surface area contributed by atoms with Crippen LogP contribution in [0.1, 0.15) is 18.4 Å². The Hall–Kier alpha value is -2.18. The van der Waals surface area contributed by atoms with Gasteiger partial charge in [0.2, 0.25) is 0 Å². The number of halogens is 2. The van der Waals surface area contributed by atoms with E-state index in [0.29, 0.717) is 5.56 Å². The van der Waals surface area contributed by atoms with Crippen LogP contribution in [0.2, 0.25) is 0 Å². The highest BCUT2D eigenvalue weighted by Gasteiger charge is 2.41. The summed E-state index contributed by atoms with van der Waals surface area (Å²) in [6, 6.07) is 5.43. The first kappa shape index (κ1) is 15.2. The lowest BCUT2D eigenvalue weighted by Crippen LogP contribution is -2.45. The van der Waals surface area contributed by atoms with E-state index in [4.69, 9.17) is 9.47 Å². The third-order valence-electron chi connectivity index (χ3n) is 3.10. The van der Waals surface area contributed by atoms with Crippen LogP contribution >= 0.6 is 0 Å². The first-order chi connectivity index (χ1) is 10.0. The van der Waals surface area contributed by atoms with Crippen molar-refractivity contribution in [3.63, 3.8) is 0 Å². The summed E-state index contributed by atoms with van der Waals surface area (Å²) in [5.41, 5.74) is -0.919. The lowest BCUT2D eigenvalue weighted by molar-refractivity contribution is -0.157. The largest absolute Gasteiger partial charge is 0.508 e. The maximum absolute atomic E-state index is 13.1. The monoisotopic (exact) mass is 300 g/mol. The van der Waals surface area contributed by atoms with Crippen LogP contribution in [0.3, 0.4) is 0 Å². The first-order valence-electron chi connectivity index (χ1n) is 6.35. The molecule has 1 aromatic rings. The van der Waals surface area contributed by atoms with E-state index in [9.17, 15) is 18.4 Å². The third kappa shape index (κ3) is 4.14. The van der Waals surface area contributed by atoms with E-state index in [0.717, 1.165) is 0 Å². The maximum Gasteiger partial charge on any atom is 0.508 e. The molecule has 7 heteroatoms. The zero-order valence-electron chi connectivity index (χ0n) is 11.1. The van der Waals surface area contributed by atoms with Crippen LogP contribution in [0.4, 0.5) is 13.6 Å². The van der Waals surface area contributed by atoms with Crippen molar-refractivity contribution in [2.45, 2.75) is 25.0 Å². The molecule has 1 atom stereocenters. The van der Waals surface area contributed by atoms with Gasteiger partial charge in [-0.1, -0.05) is 12.1 Å². The lowest BCUT2D eigenvalue weighted by Gasteiger charge is -2.32. The van der Waals surface area contributed by atoms with Gasteiger partial charge in [-0.3, -0.25) is 4.79 Å². The molecule has 0 radical (unpaired) electrons. The lowest BCUT2D eigenvalue weighted by atomic mass is 9.96. The van der Waals surface area contributed by atoms with Gasteiger partial charge < -0.3 is 14.2 Å². The Morgan fingerprint density at radius 1 is 1.33 bits per heavy atom. The summed E-state index contributed by atoms with van der Waals surface area (Å²) in [6.45, 7) is -1.06. The summed E-state index contributed by atoms with van der Waals surface area (Å²) in [4.78, 5) is 22.8. The van der Waals surface area contributed by atoms with Crippen LogP contribution in [0.5, 0.6) is 0 Å². The fraction of sp³-hybridized carbons (Fsp3) is 0.429. The number of esters is 1. The average Bonchev–Trinajstić information content (AvgIpc) is 2.46. The third-order valence-corrected chi connectivity index (χ3v) is 3.10. The average molecular weight is 300 g/mol. The SMILES string of the molecule is O=C(CC1(CF)CCOC(=O)O1)OCc1ccc(F)cc1. The molecule has 1 aliphatic heterocycles. The Kier molecular flexibility index (Phi) is 4.72. The van der Waals surface area contributed by atoms with E-state index in [2.05, 4.69) is 4.74 Å². The summed E-state index contributed by atoms with van der Waals surface area (Å²) in [6.07, 6.45) is -1.30. The van der Waals surface area contributed by atoms with Crippen molar-refractivity contribution in [2.75, 3.05) is 13.3 Å². The first-order valence-corrected chi connectivity index (χ1v) is 6.35. The van der Waals surface area contributed by atoms with E-state index >= 15 is 0 Å². The van der Waals surface area contributed by atoms with Gasteiger partial charge in [-0.25, -0.2) is 13.6 Å². The van der Waals surface area contributed by atoms with Gasteiger partial charge in [0.25, 0.3) is 0 Å². The van der Waals surface area contributed by atoms with Crippen molar-refractivity contribution >= 4 is 12.1 Å². The number of ether oxygens (including phenoxy) is 3. The Balaban J connectivity index is 1.88. The number of carbonyl (C=O) groups excluding carboxylic acids is 2. The highest BCUT2D eigenvalue weighted by atomic mass is 19.1. The van der Waals surface area contributed by atoms with Crippen LogP contribution in [0.25, 0.3) is 0 Å². The summed E-state index contributed by atoms with van der Waals surface area (Å²) < 4.78 is 40.1. The Labute approximate surface area is 119 Å². The minimum atomic E-state index is -1.52. The molecule has 1 fully saturated rings. The van der Waals surface area contributed by atoms with Crippen molar-refractivity contribution in [3.8, 4) is 0 Å². The van der Waals surface area contributed by atoms with Gasteiger partial charge in [0.15, 0.2) is 5.60 Å². The second-order valence-corrected chi connectivity index (χ2v) is 4.73. The van der Waals surface area contributed by atoms with Crippen LogP contribution in [0, 0.1) is 5.82 Å². The summed E-state index contributed by atoms with van der Waals surface area (Å²) >= 11 is 0. The van der Waals surface area contributed by atoms with Gasteiger partial charge >= 0.3 is 12.1 Å². The molecule has 1 aliphatic rings. The maximum atomic E-state index is 13.1. The molecular weight excluding hydrogens is 286 g/mol. The van der Waals surface area contributed by atoms with E-state index in [-0.39, 0.29) is 26.1 Å². The van der Waals surface area contributed by atoms with Crippen molar-refractivity contribution in [1.82, 2.24) is 0 Å². The summed E-state index contributed by atoms with van der Waals surface area (Å²) in [5.74, 6) is -1.10. The van der Waals surface area contributed by atoms with Crippen LogP contribution in [0.15, 0.2) is 24.3 Å². The summed E-state index contributed by atoms with van der Waals surface area (Å²) in [7, 11) is 0. The number of alkyl halides is 1. The van der Waals surface area contributed by atoms with Gasteiger partial charge in [0.05, 0.1) is 13.0 Å². The van der Waals surface area contributed by atoms with Crippen LogP contribution < -0.4 is 0 Å². The number of carbonyl (C=O) groups is 2. The molecular formula is C14H14F2O5. The van der Waals surface area contributed by atoms with Crippen LogP contribution in [-0.2, 0) is 25.6 Å². The summed E-state index contributed by atoms with van der Waals surface area (Å²) in [5, 5.41) is 0. The Bertz CT molecular complexity index is 517. The van der Waals surface area contributed by atoms with Crippen molar-refractivity contribution in [2.24, 2.45) is 0 Å².